The van der Waals surface area contributed by atoms with E-state index in [0.717, 1.165) is 12.1 Å². The van der Waals surface area contributed by atoms with Crippen LogP contribution in [0, 0.1) is 5.82 Å². The van der Waals surface area contributed by atoms with E-state index in [9.17, 15) is 9.18 Å². The van der Waals surface area contributed by atoms with Crippen LogP contribution in [0.2, 0.25) is 0 Å². The number of hydrogen-bond acceptors (Lipinski definition) is 2. The fraction of sp³-hybridized carbons (Fsp3) is 0. The van der Waals surface area contributed by atoms with Gasteiger partial charge < -0.3 is 5.11 Å². The minimum Gasteiger partial charge on any atom is -0.504 e. The van der Waals surface area contributed by atoms with Crippen LogP contribution in [0.1, 0.15) is 0 Å². The molecule has 0 atom stereocenters. The first-order valence-electron chi connectivity index (χ1n) is 2.69. The van der Waals surface area contributed by atoms with Crippen LogP contribution >= 0.6 is 0 Å². The maximum absolute atomic E-state index is 12.3. The molecule has 0 bridgehead atoms. The molecule has 1 rings (SSSR count). The molecule has 0 radical (unpaired) electrons. The van der Waals surface area contributed by atoms with Gasteiger partial charge in [0.05, 0.1) is 0 Å². The molecule has 0 saturated heterocycles. The lowest BCUT2D eigenvalue weighted by Crippen LogP contribution is -2.00. The van der Waals surface area contributed by atoms with Crippen LogP contribution in [-0.4, -0.2) is 5.11 Å². The third kappa shape index (κ3) is 1.13. The predicted octanol–water partition coefficient (Wildman–Crippen LogP) is 0.891. The van der Waals surface area contributed by atoms with Crippen molar-refractivity contribution in [2.45, 2.75) is 0 Å². The minimum atomic E-state index is -0.968. The molecular weight excluding hydrogens is 135 g/mol. The third-order valence-corrected chi connectivity index (χ3v) is 1.06. The van der Waals surface area contributed by atoms with E-state index < -0.39 is 17.0 Å². The fourth-order valence-electron chi connectivity index (χ4n) is 0.560. The molecule has 0 spiro atoms. The molecule has 2 nitrogen and oxygen atoms in total. The summed E-state index contributed by atoms with van der Waals surface area (Å²) < 4.78 is 12.3. The van der Waals surface area contributed by atoms with Crippen molar-refractivity contribution in [1.82, 2.24) is 0 Å². The van der Waals surface area contributed by atoms with Crippen molar-refractivity contribution in [1.29, 1.82) is 0 Å². The second-order valence-corrected chi connectivity index (χ2v) is 1.78. The Bertz CT molecular complexity index is 268. The van der Waals surface area contributed by atoms with Crippen molar-refractivity contribution in [2.75, 3.05) is 0 Å². The lowest BCUT2D eigenvalue weighted by Gasteiger charge is -1.78. The predicted molar refractivity (Wildman–Crippen MR) is 34.3 cm³/mol. The molecule has 0 saturated carbocycles. The molecule has 10 heavy (non-hydrogen) atoms. The van der Waals surface area contributed by atoms with Crippen LogP contribution in [0.15, 0.2) is 29.1 Å². The molecule has 0 aliphatic rings. The fourth-order valence-corrected chi connectivity index (χ4v) is 0.560. The summed E-state index contributed by atoms with van der Waals surface area (Å²) in [7, 11) is 0. The van der Waals surface area contributed by atoms with Gasteiger partial charge in [-0.15, -0.1) is 0 Å². The lowest BCUT2D eigenvalue weighted by molar-refractivity contribution is 0.464. The Labute approximate surface area is 56.6 Å². The molecule has 0 aromatic heterocycles. The van der Waals surface area contributed by atoms with Crippen molar-refractivity contribution in [2.24, 2.45) is 0 Å². The summed E-state index contributed by atoms with van der Waals surface area (Å²) in [5, 5.41) is 8.71. The first-order chi connectivity index (χ1) is 4.72. The number of halogens is 1. The Morgan fingerprint density at radius 1 is 1.30 bits per heavy atom. The molecule has 0 fully saturated rings. The minimum absolute atomic E-state index is 0.567. The number of hydrogen-bond donors (Lipinski definition) is 1. The van der Waals surface area contributed by atoms with Crippen LogP contribution in [-0.2, 0) is 0 Å². The summed E-state index contributed by atoms with van der Waals surface area (Å²) in [5.41, 5.74) is -0.968. The van der Waals surface area contributed by atoms with Crippen molar-refractivity contribution in [3.8, 4) is 5.75 Å². The van der Waals surface area contributed by atoms with Crippen LogP contribution < -0.4 is 5.43 Å². The molecular formula is C7H5FO2. The van der Waals surface area contributed by atoms with E-state index in [2.05, 4.69) is 0 Å². The standard InChI is InChI=1S/C7H5FO2/c8-5-3-1-2-4-6(9)7(5)10/h1-4H,(H,9,10). The molecule has 1 aromatic carbocycles. The zero-order chi connectivity index (χ0) is 7.56. The van der Waals surface area contributed by atoms with E-state index in [1.165, 1.54) is 12.1 Å². The van der Waals surface area contributed by atoms with Gasteiger partial charge in [0.25, 0.3) is 5.43 Å². The van der Waals surface area contributed by atoms with Crippen molar-refractivity contribution in [3.63, 3.8) is 0 Å². The maximum Gasteiger partial charge on any atom is 0.255 e. The summed E-state index contributed by atoms with van der Waals surface area (Å²) in [4.78, 5) is 10.5. The molecule has 0 unspecified atom stereocenters. The molecule has 1 aromatic rings. The van der Waals surface area contributed by atoms with Crippen molar-refractivity contribution in [3.05, 3.63) is 40.3 Å². The molecule has 3 heteroatoms. The summed E-state index contributed by atoms with van der Waals surface area (Å²) >= 11 is 0. The number of rotatable bonds is 0. The van der Waals surface area contributed by atoms with Gasteiger partial charge in [-0.3, -0.25) is 4.79 Å². The number of aromatic hydroxyl groups is 1. The van der Waals surface area contributed by atoms with Gasteiger partial charge in [-0.2, -0.15) is 0 Å². The normalized spacial score (nSPS) is 9.30. The van der Waals surface area contributed by atoms with Gasteiger partial charge in [0.15, 0.2) is 11.6 Å². The van der Waals surface area contributed by atoms with E-state index >= 15 is 0 Å². The highest BCUT2D eigenvalue weighted by Gasteiger charge is 1.97. The first kappa shape index (κ1) is 6.74. The zero-order valence-corrected chi connectivity index (χ0v) is 5.04. The third-order valence-electron chi connectivity index (χ3n) is 1.06. The second kappa shape index (κ2) is 2.47. The largest absolute Gasteiger partial charge is 0.504 e. The molecule has 0 amide bonds. The van der Waals surface area contributed by atoms with Crippen LogP contribution in [0.5, 0.6) is 5.75 Å². The first-order valence-corrected chi connectivity index (χ1v) is 2.69. The van der Waals surface area contributed by atoms with E-state index in [1.54, 1.807) is 0 Å². The Hall–Kier alpha value is -1.38. The van der Waals surface area contributed by atoms with Gasteiger partial charge in [0, 0.05) is 0 Å². The topological polar surface area (TPSA) is 37.3 Å². The smallest absolute Gasteiger partial charge is 0.255 e. The Morgan fingerprint density at radius 3 is 2.60 bits per heavy atom. The Balaban J connectivity index is 3.53. The maximum atomic E-state index is 12.3. The van der Waals surface area contributed by atoms with Gasteiger partial charge in [0.2, 0.25) is 0 Å². The van der Waals surface area contributed by atoms with Crippen molar-refractivity contribution < 1.29 is 9.50 Å². The summed E-state index contributed by atoms with van der Waals surface area (Å²) in [6.07, 6.45) is 0. The average Bonchev–Trinajstić information content (AvgIpc) is 2.04. The van der Waals surface area contributed by atoms with E-state index in [0.29, 0.717) is 0 Å². The van der Waals surface area contributed by atoms with Gasteiger partial charge in [-0.25, -0.2) is 4.39 Å². The Morgan fingerprint density at radius 2 is 1.90 bits per heavy atom. The highest BCUT2D eigenvalue weighted by Crippen LogP contribution is 1.98. The summed E-state index contributed by atoms with van der Waals surface area (Å²) in [5.74, 6) is -1.51. The van der Waals surface area contributed by atoms with Gasteiger partial charge in [-0.05, 0) is 12.1 Å². The lowest BCUT2D eigenvalue weighted by atomic mass is 10.4. The summed E-state index contributed by atoms with van der Waals surface area (Å²) in [6, 6.07) is 4.88. The van der Waals surface area contributed by atoms with Crippen LogP contribution in [0.4, 0.5) is 4.39 Å². The molecule has 0 heterocycles. The average molecular weight is 140 g/mol. The second-order valence-electron chi connectivity index (χ2n) is 1.78. The van der Waals surface area contributed by atoms with Gasteiger partial charge >= 0.3 is 0 Å². The van der Waals surface area contributed by atoms with E-state index in [1.807, 2.05) is 0 Å². The van der Waals surface area contributed by atoms with E-state index in [-0.39, 0.29) is 0 Å². The highest BCUT2D eigenvalue weighted by atomic mass is 19.1. The monoisotopic (exact) mass is 140 g/mol. The summed E-state index contributed by atoms with van der Waals surface area (Å²) in [6.45, 7) is 0. The quantitative estimate of drug-likeness (QED) is 0.581. The molecule has 1 N–H and O–H groups in total. The highest BCUT2D eigenvalue weighted by molar-refractivity contribution is 5.19. The Kier molecular flexibility index (Phi) is 1.67. The molecule has 0 aliphatic carbocycles. The molecule has 52 valence electrons. The van der Waals surface area contributed by atoms with Crippen molar-refractivity contribution >= 4 is 0 Å². The van der Waals surface area contributed by atoms with Gasteiger partial charge in [-0.1, -0.05) is 12.1 Å². The SMILES string of the molecule is O=c1c(O)ccccc1F. The molecule has 0 aliphatic heterocycles. The van der Waals surface area contributed by atoms with Gasteiger partial charge in [0.1, 0.15) is 0 Å². The van der Waals surface area contributed by atoms with Crippen LogP contribution in [0.25, 0.3) is 0 Å². The van der Waals surface area contributed by atoms with Crippen LogP contribution in [0.3, 0.4) is 0 Å². The van der Waals surface area contributed by atoms with E-state index in [4.69, 9.17) is 5.11 Å². The zero-order valence-electron chi connectivity index (χ0n) is 5.04.